The molecule has 0 N–H and O–H groups in total. The second-order valence-corrected chi connectivity index (χ2v) is 2.87. The van der Waals surface area contributed by atoms with Crippen molar-refractivity contribution in [2.75, 3.05) is 0 Å². The van der Waals surface area contributed by atoms with Crippen molar-refractivity contribution in [3.05, 3.63) is 42.5 Å². The Morgan fingerprint density at radius 2 is 2.15 bits per heavy atom. The number of rotatable bonds is 2. The van der Waals surface area contributed by atoms with Crippen LogP contribution in [0.4, 0.5) is 0 Å². The van der Waals surface area contributed by atoms with Crippen molar-refractivity contribution in [2.24, 2.45) is 0 Å². The topological polar surface area (TPSA) is 30.7 Å². The molecule has 66 valence electrons. The van der Waals surface area contributed by atoms with Crippen LogP contribution in [0, 0.1) is 0 Å². The van der Waals surface area contributed by atoms with E-state index in [-0.39, 0.29) is 0 Å². The molecule has 0 radical (unpaired) electrons. The van der Waals surface area contributed by atoms with E-state index in [4.69, 9.17) is 11.6 Å². The maximum atomic E-state index is 5.79. The largest absolute Gasteiger partial charge is 0.223 e. The molecule has 0 saturated carbocycles. The van der Waals surface area contributed by atoms with Crippen molar-refractivity contribution in [3.8, 4) is 5.69 Å². The van der Waals surface area contributed by atoms with Gasteiger partial charge in [0.1, 0.15) is 12.7 Å². The van der Waals surface area contributed by atoms with Crippen molar-refractivity contribution >= 4 is 11.6 Å². The van der Waals surface area contributed by atoms with Crippen molar-refractivity contribution in [1.82, 2.24) is 14.8 Å². The summed E-state index contributed by atoms with van der Waals surface area (Å²) in [6.07, 6.45) is 3.16. The SMILES string of the molecule is ClCc1ccccc1-n1cncn1. The van der Waals surface area contributed by atoms with E-state index in [0.717, 1.165) is 11.3 Å². The molecule has 2 aromatic rings. The number of aromatic nitrogens is 3. The average Bonchev–Trinajstić information content (AvgIpc) is 2.70. The predicted octanol–water partition coefficient (Wildman–Crippen LogP) is 2.01. The minimum Gasteiger partial charge on any atom is -0.223 e. The van der Waals surface area contributed by atoms with Gasteiger partial charge >= 0.3 is 0 Å². The van der Waals surface area contributed by atoms with Crippen LogP contribution in [0.1, 0.15) is 5.56 Å². The summed E-state index contributed by atoms with van der Waals surface area (Å²) in [7, 11) is 0. The van der Waals surface area contributed by atoms with E-state index in [0.29, 0.717) is 5.88 Å². The molecule has 0 aliphatic rings. The second-order valence-electron chi connectivity index (χ2n) is 2.60. The Morgan fingerprint density at radius 1 is 1.31 bits per heavy atom. The summed E-state index contributed by atoms with van der Waals surface area (Å²) in [5, 5.41) is 4.04. The third-order valence-electron chi connectivity index (χ3n) is 1.80. The lowest BCUT2D eigenvalue weighted by Gasteiger charge is -2.04. The fraction of sp³-hybridized carbons (Fsp3) is 0.111. The van der Waals surface area contributed by atoms with Gasteiger partial charge in [-0.15, -0.1) is 11.6 Å². The Kier molecular flexibility index (Phi) is 2.27. The fourth-order valence-electron chi connectivity index (χ4n) is 1.18. The van der Waals surface area contributed by atoms with Crippen LogP contribution in [-0.2, 0) is 5.88 Å². The lowest BCUT2D eigenvalue weighted by Crippen LogP contribution is -1.98. The monoisotopic (exact) mass is 193 g/mol. The zero-order valence-corrected chi connectivity index (χ0v) is 7.65. The molecule has 13 heavy (non-hydrogen) atoms. The molecule has 0 atom stereocenters. The van der Waals surface area contributed by atoms with Gasteiger partial charge in [0.15, 0.2) is 0 Å². The summed E-state index contributed by atoms with van der Waals surface area (Å²) in [5.41, 5.74) is 2.03. The summed E-state index contributed by atoms with van der Waals surface area (Å²) < 4.78 is 1.71. The molecular weight excluding hydrogens is 186 g/mol. The van der Waals surface area contributed by atoms with Gasteiger partial charge in [-0.25, -0.2) is 9.67 Å². The molecule has 2 rings (SSSR count). The molecule has 0 saturated heterocycles. The van der Waals surface area contributed by atoms with Crippen LogP contribution in [0.15, 0.2) is 36.9 Å². The number of alkyl halides is 1. The molecule has 4 heteroatoms. The molecular formula is C9H8ClN3. The second kappa shape index (κ2) is 3.58. The first-order valence-electron chi connectivity index (χ1n) is 3.90. The van der Waals surface area contributed by atoms with Gasteiger partial charge in [0.25, 0.3) is 0 Å². The van der Waals surface area contributed by atoms with Crippen molar-refractivity contribution in [1.29, 1.82) is 0 Å². The fourth-order valence-corrected chi connectivity index (χ4v) is 1.41. The van der Waals surface area contributed by atoms with E-state index < -0.39 is 0 Å². The van der Waals surface area contributed by atoms with Crippen LogP contribution in [0.2, 0.25) is 0 Å². The Labute approximate surface area is 81.0 Å². The molecule has 3 nitrogen and oxygen atoms in total. The highest BCUT2D eigenvalue weighted by Gasteiger charge is 2.01. The summed E-state index contributed by atoms with van der Waals surface area (Å²) in [6.45, 7) is 0. The zero-order chi connectivity index (χ0) is 9.10. The standard InChI is InChI=1S/C9H8ClN3/c10-5-8-3-1-2-4-9(8)13-7-11-6-12-13/h1-4,6-7H,5H2. The molecule has 1 aromatic carbocycles. The van der Waals surface area contributed by atoms with E-state index in [1.807, 2.05) is 24.3 Å². The van der Waals surface area contributed by atoms with Gasteiger partial charge in [0, 0.05) is 5.88 Å². The first-order chi connectivity index (χ1) is 6.42. The van der Waals surface area contributed by atoms with Crippen LogP contribution < -0.4 is 0 Å². The smallest absolute Gasteiger partial charge is 0.138 e. The normalized spacial score (nSPS) is 10.2. The van der Waals surface area contributed by atoms with Crippen LogP contribution in [0.25, 0.3) is 5.69 Å². The highest BCUT2D eigenvalue weighted by atomic mass is 35.5. The number of hydrogen-bond acceptors (Lipinski definition) is 2. The Hall–Kier alpha value is -1.35. The summed E-state index contributed by atoms with van der Waals surface area (Å²) in [4.78, 5) is 3.88. The van der Waals surface area contributed by atoms with E-state index in [1.54, 1.807) is 11.0 Å². The minimum atomic E-state index is 0.482. The van der Waals surface area contributed by atoms with Gasteiger partial charge in [-0.05, 0) is 11.6 Å². The van der Waals surface area contributed by atoms with Crippen LogP contribution >= 0.6 is 11.6 Å². The maximum Gasteiger partial charge on any atom is 0.138 e. The molecule has 0 aliphatic carbocycles. The third kappa shape index (κ3) is 1.55. The zero-order valence-electron chi connectivity index (χ0n) is 6.89. The number of para-hydroxylation sites is 1. The molecule has 0 bridgehead atoms. The first-order valence-corrected chi connectivity index (χ1v) is 4.44. The lowest BCUT2D eigenvalue weighted by molar-refractivity contribution is 0.869. The number of hydrogen-bond donors (Lipinski definition) is 0. The third-order valence-corrected chi connectivity index (χ3v) is 2.09. The predicted molar refractivity (Wildman–Crippen MR) is 50.9 cm³/mol. The van der Waals surface area contributed by atoms with Gasteiger partial charge in [-0.1, -0.05) is 18.2 Å². The Bertz CT molecular complexity index is 384. The van der Waals surface area contributed by atoms with Gasteiger partial charge in [0.05, 0.1) is 5.69 Å². The number of halogens is 1. The highest BCUT2D eigenvalue weighted by molar-refractivity contribution is 6.17. The molecule has 0 unspecified atom stereocenters. The average molecular weight is 194 g/mol. The van der Waals surface area contributed by atoms with Crippen molar-refractivity contribution < 1.29 is 0 Å². The Balaban J connectivity index is 2.51. The highest BCUT2D eigenvalue weighted by Crippen LogP contribution is 2.14. The maximum absolute atomic E-state index is 5.79. The number of nitrogens with zero attached hydrogens (tertiary/aromatic N) is 3. The molecule has 1 heterocycles. The van der Waals surface area contributed by atoms with E-state index in [2.05, 4.69) is 10.1 Å². The van der Waals surface area contributed by atoms with E-state index in [1.165, 1.54) is 6.33 Å². The minimum absolute atomic E-state index is 0.482. The molecule has 0 amide bonds. The Morgan fingerprint density at radius 3 is 2.85 bits per heavy atom. The summed E-state index contributed by atoms with van der Waals surface area (Å²) in [5.74, 6) is 0.482. The van der Waals surface area contributed by atoms with Crippen LogP contribution in [-0.4, -0.2) is 14.8 Å². The van der Waals surface area contributed by atoms with E-state index in [9.17, 15) is 0 Å². The lowest BCUT2D eigenvalue weighted by atomic mass is 10.2. The van der Waals surface area contributed by atoms with E-state index >= 15 is 0 Å². The van der Waals surface area contributed by atoms with Gasteiger partial charge in [0.2, 0.25) is 0 Å². The van der Waals surface area contributed by atoms with Crippen molar-refractivity contribution in [2.45, 2.75) is 5.88 Å². The van der Waals surface area contributed by atoms with Gasteiger partial charge in [-0.3, -0.25) is 0 Å². The molecule has 1 aromatic heterocycles. The van der Waals surface area contributed by atoms with Crippen LogP contribution in [0.3, 0.4) is 0 Å². The van der Waals surface area contributed by atoms with Gasteiger partial charge < -0.3 is 0 Å². The number of benzene rings is 1. The first kappa shape index (κ1) is 8.26. The molecule has 0 aliphatic heterocycles. The molecule has 0 spiro atoms. The van der Waals surface area contributed by atoms with Crippen LogP contribution in [0.5, 0.6) is 0 Å². The summed E-state index contributed by atoms with van der Waals surface area (Å²) >= 11 is 5.79. The summed E-state index contributed by atoms with van der Waals surface area (Å²) in [6, 6.07) is 7.85. The quantitative estimate of drug-likeness (QED) is 0.684. The molecule has 0 fully saturated rings. The van der Waals surface area contributed by atoms with Crippen molar-refractivity contribution in [3.63, 3.8) is 0 Å². The van der Waals surface area contributed by atoms with Gasteiger partial charge in [-0.2, -0.15) is 5.10 Å².